The summed E-state index contributed by atoms with van der Waals surface area (Å²) in [7, 11) is -2.17. The summed E-state index contributed by atoms with van der Waals surface area (Å²) >= 11 is 0. The minimum Gasteiger partial charge on any atom is -0.547 e. The Balaban J connectivity index is -0.0000000741. The number of aliphatic hydroxyl groups is 2. The molecule has 0 saturated carbocycles. The van der Waals surface area contributed by atoms with E-state index in [1.165, 1.54) is 0 Å². The first-order chi connectivity index (χ1) is 7.02. The van der Waals surface area contributed by atoms with Gasteiger partial charge in [0.1, 0.15) is 0 Å². The van der Waals surface area contributed by atoms with Crippen molar-refractivity contribution < 1.29 is 45.1 Å². The Kier molecular flexibility index (Phi) is 24.4. The van der Waals surface area contributed by atoms with Crippen LogP contribution in [0.25, 0.3) is 0 Å². The van der Waals surface area contributed by atoms with E-state index in [9.17, 15) is 19.8 Å². The fourth-order valence-electron chi connectivity index (χ4n) is 0. The fourth-order valence-corrected chi connectivity index (χ4v) is 0. The molecule has 0 fully saturated rings. The zero-order chi connectivity index (χ0) is 13.9. The van der Waals surface area contributed by atoms with Crippen molar-refractivity contribution in [3.05, 3.63) is 0 Å². The molecular weight excluding hydrogens is 267 g/mol. The average Bonchev–Trinajstić information content (AvgIpc) is 2.03. The van der Waals surface area contributed by atoms with Gasteiger partial charge >= 0.3 is 45.1 Å². The Morgan fingerprint density at radius 3 is 1.00 bits per heavy atom. The maximum atomic E-state index is 9.34. The second-order valence-corrected chi connectivity index (χ2v) is 2.34. The molecule has 0 amide bonds. The first-order valence-corrected chi connectivity index (χ1v) is 3.84. The second-order valence-electron chi connectivity index (χ2n) is 2.34. The number of carboxylic acids is 2. The van der Waals surface area contributed by atoms with Gasteiger partial charge in [0.2, 0.25) is 0 Å². The summed E-state index contributed by atoms with van der Waals surface area (Å²) in [6, 6.07) is 0. The normalized spacial score (nSPS) is 11.2. The summed E-state index contributed by atoms with van der Waals surface area (Å²) in [5.74, 6) is -2.87. The van der Waals surface area contributed by atoms with Gasteiger partial charge in [-0.15, -0.1) is 0 Å². The monoisotopic (exact) mass is 280 g/mol. The van der Waals surface area contributed by atoms with Gasteiger partial charge in [-0.25, -0.2) is 0 Å². The number of carbonyl (C=O) groups is 2. The van der Waals surface area contributed by atoms with Gasteiger partial charge in [0.15, 0.2) is 0 Å². The predicted molar refractivity (Wildman–Crippen MR) is 51.5 cm³/mol. The third-order valence-corrected chi connectivity index (χ3v) is 0.682. The first kappa shape index (κ1) is 25.8. The number of carboxylic acid groups (broad SMARTS) is 2. The first-order valence-electron chi connectivity index (χ1n) is 3.84. The number of hydrogen-bond acceptors (Lipinski definition) is 9. The Bertz CT molecular complexity index is 175. The van der Waals surface area contributed by atoms with E-state index in [1.54, 1.807) is 0 Å². The Labute approximate surface area is 128 Å². The number of hydrogen-bond donors (Lipinski definition) is 5. The van der Waals surface area contributed by atoms with Gasteiger partial charge in [-0.2, -0.15) is 0 Å². The van der Waals surface area contributed by atoms with Gasteiger partial charge < -0.3 is 45.1 Å². The van der Waals surface area contributed by atoms with Crippen LogP contribution in [0.15, 0.2) is 0 Å². The van der Waals surface area contributed by atoms with Crippen molar-refractivity contribution in [3.63, 3.8) is 0 Å². The van der Waals surface area contributed by atoms with Gasteiger partial charge in [-0.1, -0.05) is 0 Å². The predicted octanol–water partition coefficient (Wildman–Crippen LogP) is -6.20. The summed E-state index contributed by atoms with van der Waals surface area (Å²) in [5.41, 5.74) is 0. The third kappa shape index (κ3) is 48.9. The van der Waals surface area contributed by atoms with Crippen LogP contribution in [0.4, 0.5) is 0 Å². The van der Waals surface area contributed by atoms with Crippen molar-refractivity contribution in [2.75, 3.05) is 0 Å². The maximum absolute atomic E-state index is 9.34. The summed E-state index contributed by atoms with van der Waals surface area (Å²) in [5, 5.41) is 56.1. The summed E-state index contributed by atoms with van der Waals surface area (Å²) < 4.78 is 0. The maximum Gasteiger partial charge on any atom is 2.00 e. The van der Waals surface area contributed by atoms with Crippen LogP contribution >= 0.6 is 0 Å². The topological polar surface area (TPSA) is 181 Å². The quantitative estimate of drug-likeness (QED) is 0.307. The molecule has 0 aliphatic rings. The number of carbonyl (C=O) groups excluding carboxylic acids is 2. The second kappa shape index (κ2) is 16.1. The number of rotatable bonds is 2. The van der Waals surface area contributed by atoms with Gasteiger partial charge in [-0.3, -0.25) is 0 Å². The van der Waals surface area contributed by atoms with E-state index < -0.39 is 31.5 Å². The van der Waals surface area contributed by atoms with Gasteiger partial charge in [0, 0.05) is 0 Å². The van der Waals surface area contributed by atoms with E-state index >= 15 is 0 Å². The van der Waals surface area contributed by atoms with E-state index in [-0.39, 0.29) is 37.7 Å². The molecule has 0 rings (SSSR count). The molecule has 9 nitrogen and oxygen atoms in total. The molecule has 0 heterocycles. The molecule has 0 aromatic carbocycles. The Morgan fingerprint density at radius 2 is 1.00 bits per heavy atom. The van der Waals surface area contributed by atoms with Crippen LogP contribution in [0.1, 0.15) is 13.8 Å². The summed E-state index contributed by atoms with van der Waals surface area (Å²) in [6.45, 7) is 2.27. The molecular formula is C6H13BCaO9. The molecule has 96 valence electrons. The molecule has 0 bridgehead atoms. The van der Waals surface area contributed by atoms with E-state index in [0.29, 0.717) is 0 Å². The molecule has 0 spiro atoms. The van der Waals surface area contributed by atoms with Crippen LogP contribution in [0.5, 0.6) is 0 Å². The van der Waals surface area contributed by atoms with Gasteiger partial charge in [0.25, 0.3) is 0 Å². The molecule has 5 N–H and O–H groups in total. The SMILES string of the molecule is CC(O)C(=O)[O-].CC(O)C(=O)[O-].OB(O)O.[Ca+2]. The minimum atomic E-state index is -2.17. The van der Waals surface area contributed by atoms with Crippen molar-refractivity contribution in [2.24, 2.45) is 0 Å². The van der Waals surface area contributed by atoms with Crippen LogP contribution in [0.2, 0.25) is 0 Å². The molecule has 0 radical (unpaired) electrons. The molecule has 17 heavy (non-hydrogen) atoms. The van der Waals surface area contributed by atoms with Crippen LogP contribution in [-0.2, 0) is 9.59 Å². The fraction of sp³-hybridized carbons (Fsp3) is 0.667. The van der Waals surface area contributed by atoms with Crippen molar-refractivity contribution in [3.8, 4) is 0 Å². The van der Waals surface area contributed by atoms with Gasteiger partial charge in [-0.05, 0) is 13.8 Å². The molecule has 11 heteroatoms. The smallest absolute Gasteiger partial charge is 0.547 e. The van der Waals surface area contributed by atoms with Crippen LogP contribution in [0.3, 0.4) is 0 Å². The van der Waals surface area contributed by atoms with E-state index in [1.807, 2.05) is 0 Å². The Hall–Kier alpha value is 0.0647. The van der Waals surface area contributed by atoms with Crippen LogP contribution < -0.4 is 10.2 Å². The standard InChI is InChI=1S/2C3H6O3.BH3O3.Ca/c2*1-2(4)3(5)6;2-1(3)4;/h2*2,4H,1H3,(H,5,6);2-4H;/q;;;+2/p-2. The van der Waals surface area contributed by atoms with Gasteiger partial charge in [0.05, 0.1) is 24.1 Å². The summed E-state index contributed by atoms with van der Waals surface area (Å²) in [4.78, 5) is 18.7. The zero-order valence-corrected chi connectivity index (χ0v) is 11.5. The average molecular weight is 280 g/mol. The summed E-state index contributed by atoms with van der Waals surface area (Å²) in [6.07, 6.45) is -2.69. The van der Waals surface area contributed by atoms with Crippen molar-refractivity contribution >= 4 is 57.0 Å². The largest absolute Gasteiger partial charge is 2.00 e. The number of aliphatic hydroxyl groups excluding tert-OH is 2. The van der Waals surface area contributed by atoms with E-state index in [0.717, 1.165) is 13.8 Å². The van der Waals surface area contributed by atoms with Crippen LogP contribution in [0, 0.1) is 0 Å². The molecule has 0 saturated heterocycles. The van der Waals surface area contributed by atoms with E-state index in [4.69, 9.17) is 25.3 Å². The zero-order valence-electron chi connectivity index (χ0n) is 9.31. The number of aliphatic carboxylic acids is 2. The van der Waals surface area contributed by atoms with Crippen molar-refractivity contribution in [1.82, 2.24) is 0 Å². The third-order valence-electron chi connectivity index (χ3n) is 0.682. The molecule has 2 atom stereocenters. The molecule has 2 unspecified atom stereocenters. The molecule has 0 aliphatic carbocycles. The molecule has 0 aromatic heterocycles. The van der Waals surface area contributed by atoms with Crippen molar-refractivity contribution in [2.45, 2.75) is 26.1 Å². The molecule has 0 aliphatic heterocycles. The van der Waals surface area contributed by atoms with Crippen molar-refractivity contribution in [1.29, 1.82) is 0 Å². The van der Waals surface area contributed by atoms with E-state index in [2.05, 4.69) is 0 Å². The van der Waals surface area contributed by atoms with Crippen LogP contribution in [-0.4, -0.2) is 94.5 Å². The Morgan fingerprint density at radius 1 is 0.941 bits per heavy atom. The minimum absolute atomic E-state index is 0. The molecule has 0 aromatic rings.